The molecular weight excluding hydrogens is 583 g/mol. The number of hydrogen-bond acceptors (Lipinski definition) is 4. The minimum Gasteiger partial charge on any atom is -0.326 e. The van der Waals surface area contributed by atoms with E-state index in [-0.39, 0.29) is 11.4 Å². The average molecular weight is 615 g/mol. The topological polar surface area (TPSA) is 59.7 Å². The highest BCUT2D eigenvalue weighted by Gasteiger charge is 2.22. The van der Waals surface area contributed by atoms with Crippen molar-refractivity contribution in [2.75, 3.05) is 10.6 Å². The average Bonchev–Trinajstić information content (AvgIpc) is 3.55. The van der Waals surface area contributed by atoms with Gasteiger partial charge in [0.2, 0.25) is 11.9 Å². The van der Waals surface area contributed by atoms with Gasteiger partial charge in [-0.15, -0.1) is 0 Å². The lowest BCUT2D eigenvalue weighted by atomic mass is 10.0. The molecule has 0 radical (unpaired) electrons. The second kappa shape index (κ2) is 11.4. The first-order valence-electron chi connectivity index (χ1n) is 14.8. The molecule has 2 aromatic heterocycles. The van der Waals surface area contributed by atoms with Crippen LogP contribution in [0.4, 0.5) is 27.7 Å². The standard InChI is InChI=1S/C37H32ClFN6/c1-37(2,3)45-34-19-16-26(21-32(34)43-36(45)41-30-11-7-9-28(39)22-30)25-8-6-10-29(20-25)40-35-42-31-12-4-5-13-33(31)44(35)23-24-14-17-27(38)18-15-24/h4-22H,23H2,1-3H3,(H,40,42)(H,41,43). The summed E-state index contributed by atoms with van der Waals surface area (Å²) in [6.45, 7) is 7.05. The summed E-state index contributed by atoms with van der Waals surface area (Å²) in [6, 6.07) is 37.1. The van der Waals surface area contributed by atoms with Crippen LogP contribution < -0.4 is 10.6 Å². The monoisotopic (exact) mass is 614 g/mol. The van der Waals surface area contributed by atoms with E-state index in [9.17, 15) is 4.39 Å². The first kappa shape index (κ1) is 28.6. The molecule has 0 amide bonds. The Balaban J connectivity index is 1.23. The molecule has 7 aromatic rings. The molecule has 0 saturated heterocycles. The first-order valence-corrected chi connectivity index (χ1v) is 15.2. The zero-order valence-electron chi connectivity index (χ0n) is 25.2. The predicted molar refractivity (Wildman–Crippen MR) is 183 cm³/mol. The van der Waals surface area contributed by atoms with E-state index in [2.05, 4.69) is 76.9 Å². The van der Waals surface area contributed by atoms with E-state index in [4.69, 9.17) is 21.6 Å². The van der Waals surface area contributed by atoms with Crippen molar-refractivity contribution in [1.82, 2.24) is 19.1 Å². The van der Waals surface area contributed by atoms with E-state index in [1.165, 1.54) is 12.1 Å². The van der Waals surface area contributed by atoms with E-state index < -0.39 is 0 Å². The Morgan fingerprint density at radius 2 is 1.36 bits per heavy atom. The van der Waals surface area contributed by atoms with Crippen LogP contribution >= 0.6 is 11.6 Å². The molecule has 0 atom stereocenters. The largest absolute Gasteiger partial charge is 0.326 e. The maximum Gasteiger partial charge on any atom is 0.208 e. The van der Waals surface area contributed by atoms with Crippen molar-refractivity contribution in [3.63, 3.8) is 0 Å². The van der Waals surface area contributed by atoms with Crippen LogP contribution in [0.15, 0.2) is 115 Å². The number of hydrogen-bond donors (Lipinski definition) is 2. The van der Waals surface area contributed by atoms with Crippen molar-refractivity contribution in [2.45, 2.75) is 32.9 Å². The Labute approximate surface area is 266 Å². The minimum atomic E-state index is -0.297. The molecular formula is C37H32ClFN6. The molecule has 0 aliphatic heterocycles. The molecule has 6 nitrogen and oxygen atoms in total. The fraction of sp³-hybridized carbons (Fsp3) is 0.135. The van der Waals surface area contributed by atoms with Gasteiger partial charge in [0.15, 0.2) is 0 Å². The quantitative estimate of drug-likeness (QED) is 0.187. The summed E-state index contributed by atoms with van der Waals surface area (Å²) in [6.07, 6.45) is 0. The van der Waals surface area contributed by atoms with E-state index in [0.29, 0.717) is 23.2 Å². The van der Waals surface area contributed by atoms with Gasteiger partial charge in [-0.05, 0) is 104 Å². The summed E-state index contributed by atoms with van der Waals surface area (Å²) < 4.78 is 18.3. The number of nitrogens with zero attached hydrogens (tertiary/aromatic N) is 4. The third kappa shape index (κ3) is 5.87. The van der Waals surface area contributed by atoms with Crippen LogP contribution in [0.5, 0.6) is 0 Å². The second-order valence-electron chi connectivity index (χ2n) is 12.1. The van der Waals surface area contributed by atoms with Crippen LogP contribution in [-0.4, -0.2) is 19.1 Å². The number of imidazole rings is 2. The van der Waals surface area contributed by atoms with Gasteiger partial charge in [0, 0.05) is 21.9 Å². The zero-order chi connectivity index (χ0) is 31.1. The Kier molecular flexibility index (Phi) is 7.26. The molecule has 2 heterocycles. The number of rotatable bonds is 7. The van der Waals surface area contributed by atoms with Gasteiger partial charge in [-0.3, -0.25) is 0 Å². The van der Waals surface area contributed by atoms with Crippen molar-refractivity contribution in [3.05, 3.63) is 132 Å². The molecule has 5 aromatic carbocycles. The zero-order valence-corrected chi connectivity index (χ0v) is 26.0. The summed E-state index contributed by atoms with van der Waals surface area (Å²) in [5, 5.41) is 7.61. The van der Waals surface area contributed by atoms with Crippen LogP contribution in [0.1, 0.15) is 26.3 Å². The Morgan fingerprint density at radius 3 is 2.13 bits per heavy atom. The molecule has 0 unspecified atom stereocenters. The maximum absolute atomic E-state index is 13.9. The number of para-hydroxylation sites is 2. The number of fused-ring (bicyclic) bond motifs is 2. The highest BCUT2D eigenvalue weighted by molar-refractivity contribution is 6.30. The van der Waals surface area contributed by atoms with Crippen molar-refractivity contribution in [2.24, 2.45) is 0 Å². The lowest BCUT2D eigenvalue weighted by molar-refractivity contribution is 0.414. The van der Waals surface area contributed by atoms with Gasteiger partial charge in [0.1, 0.15) is 5.82 Å². The normalized spacial score (nSPS) is 11.8. The van der Waals surface area contributed by atoms with Crippen molar-refractivity contribution < 1.29 is 4.39 Å². The van der Waals surface area contributed by atoms with Gasteiger partial charge in [-0.1, -0.05) is 60.1 Å². The summed E-state index contributed by atoms with van der Waals surface area (Å²) in [5.41, 5.74) is 8.36. The molecule has 7 rings (SSSR count). The van der Waals surface area contributed by atoms with E-state index >= 15 is 0 Å². The number of nitrogens with one attached hydrogen (secondary N) is 2. The molecule has 0 saturated carbocycles. The predicted octanol–water partition coefficient (Wildman–Crippen LogP) is 10.1. The van der Waals surface area contributed by atoms with Gasteiger partial charge in [-0.25, -0.2) is 14.4 Å². The molecule has 45 heavy (non-hydrogen) atoms. The lowest BCUT2D eigenvalue weighted by Crippen LogP contribution is -2.23. The number of halogens is 2. The van der Waals surface area contributed by atoms with Crippen molar-refractivity contribution >= 4 is 56.9 Å². The Morgan fingerprint density at radius 1 is 0.667 bits per heavy atom. The van der Waals surface area contributed by atoms with Gasteiger partial charge in [0.25, 0.3) is 0 Å². The first-order chi connectivity index (χ1) is 21.7. The molecule has 8 heteroatoms. The maximum atomic E-state index is 13.9. The van der Waals surface area contributed by atoms with Crippen LogP contribution in [0, 0.1) is 5.82 Å². The molecule has 224 valence electrons. The SMILES string of the molecule is CC(C)(C)n1c(Nc2cccc(F)c2)nc2cc(-c3cccc(Nc4nc5ccccc5n4Cc4ccc(Cl)cc4)c3)ccc21. The molecule has 0 bridgehead atoms. The second-order valence-corrected chi connectivity index (χ2v) is 12.6. The molecule has 0 aliphatic carbocycles. The molecule has 0 aliphatic rings. The molecule has 0 spiro atoms. The van der Waals surface area contributed by atoms with Crippen LogP contribution in [0.2, 0.25) is 5.02 Å². The van der Waals surface area contributed by atoms with Gasteiger partial charge < -0.3 is 19.8 Å². The number of aromatic nitrogens is 4. The Hall–Kier alpha value is -5.14. The molecule has 2 N–H and O–H groups in total. The minimum absolute atomic E-state index is 0.257. The van der Waals surface area contributed by atoms with E-state index in [0.717, 1.165) is 50.4 Å². The fourth-order valence-corrected chi connectivity index (χ4v) is 5.85. The summed E-state index contributed by atoms with van der Waals surface area (Å²) in [5.74, 6) is 1.13. The third-order valence-corrected chi connectivity index (χ3v) is 8.02. The fourth-order valence-electron chi connectivity index (χ4n) is 5.73. The van der Waals surface area contributed by atoms with Gasteiger partial charge in [-0.2, -0.15) is 0 Å². The number of benzene rings is 5. The Bertz CT molecular complexity index is 2160. The van der Waals surface area contributed by atoms with Crippen LogP contribution in [0.25, 0.3) is 33.2 Å². The van der Waals surface area contributed by atoms with Crippen molar-refractivity contribution in [1.29, 1.82) is 0 Å². The van der Waals surface area contributed by atoms with E-state index in [1.807, 2.05) is 60.7 Å². The van der Waals surface area contributed by atoms with Crippen molar-refractivity contribution in [3.8, 4) is 11.1 Å². The van der Waals surface area contributed by atoms with Gasteiger partial charge in [0.05, 0.1) is 28.6 Å². The third-order valence-electron chi connectivity index (χ3n) is 7.77. The summed E-state index contributed by atoms with van der Waals surface area (Å²) >= 11 is 6.14. The van der Waals surface area contributed by atoms with Crippen LogP contribution in [0.3, 0.4) is 0 Å². The number of anilines is 4. The highest BCUT2D eigenvalue weighted by Crippen LogP contribution is 2.34. The van der Waals surface area contributed by atoms with Gasteiger partial charge >= 0.3 is 0 Å². The lowest BCUT2D eigenvalue weighted by Gasteiger charge is -2.25. The van der Waals surface area contributed by atoms with E-state index in [1.54, 1.807) is 6.07 Å². The smallest absolute Gasteiger partial charge is 0.208 e. The molecule has 0 fully saturated rings. The summed E-state index contributed by atoms with van der Waals surface area (Å²) in [7, 11) is 0. The summed E-state index contributed by atoms with van der Waals surface area (Å²) in [4.78, 5) is 9.88. The van der Waals surface area contributed by atoms with Crippen LogP contribution in [-0.2, 0) is 12.1 Å². The highest BCUT2D eigenvalue weighted by atomic mass is 35.5.